The maximum absolute atomic E-state index is 14.2. The molecule has 0 saturated heterocycles. The number of carboxylic acid groups (broad SMARTS) is 1. The van der Waals surface area contributed by atoms with Crippen LogP contribution in [0.1, 0.15) is 71.8 Å². The second-order valence-corrected chi connectivity index (χ2v) is 12.0. The predicted molar refractivity (Wildman–Crippen MR) is 159 cm³/mol. The second kappa shape index (κ2) is 11.1. The number of rotatable bonds is 10. The third-order valence-corrected chi connectivity index (χ3v) is 9.61. The van der Waals surface area contributed by atoms with Gasteiger partial charge in [-0.1, -0.05) is 25.3 Å². The van der Waals surface area contributed by atoms with Crippen molar-refractivity contribution in [3.05, 3.63) is 53.1 Å². The Morgan fingerprint density at radius 3 is 2.66 bits per heavy atom. The summed E-state index contributed by atoms with van der Waals surface area (Å²) in [6.07, 6.45) is 6.67. The summed E-state index contributed by atoms with van der Waals surface area (Å²) in [6, 6.07) is 11.8. The number of hydrogen-bond acceptors (Lipinski definition) is 5. The number of amides is 1. The first kappa shape index (κ1) is 27.8. The average Bonchev–Trinajstić information content (AvgIpc) is 3.66. The molecular formula is C33H41N3O5. The number of aromatic carboxylic acids is 1. The highest BCUT2D eigenvalue weighted by Gasteiger charge is 2.63. The van der Waals surface area contributed by atoms with Crippen LogP contribution in [0, 0.1) is 5.41 Å². The minimum absolute atomic E-state index is 0.0737. The van der Waals surface area contributed by atoms with Crippen LogP contribution in [-0.2, 0) is 16.1 Å². The smallest absolute Gasteiger partial charge is 0.335 e. The van der Waals surface area contributed by atoms with Gasteiger partial charge in [0.25, 0.3) is 0 Å². The minimum atomic E-state index is -0.937. The topological polar surface area (TPSA) is 93.0 Å². The van der Waals surface area contributed by atoms with E-state index in [0.717, 1.165) is 59.3 Å². The molecule has 3 aromatic rings. The highest BCUT2D eigenvalue weighted by molar-refractivity contribution is 6.00. The Morgan fingerprint density at radius 1 is 1.12 bits per heavy atom. The molecule has 2 saturated carbocycles. The lowest BCUT2D eigenvalue weighted by molar-refractivity contribution is -0.137. The van der Waals surface area contributed by atoms with Crippen LogP contribution < -0.4 is 10.1 Å². The fraction of sp³-hybridized carbons (Fsp3) is 0.515. The van der Waals surface area contributed by atoms with Crippen LogP contribution in [0.2, 0.25) is 0 Å². The summed E-state index contributed by atoms with van der Waals surface area (Å²) < 4.78 is 13.7. The first-order valence-corrected chi connectivity index (χ1v) is 14.9. The molecule has 0 unspecified atom stereocenters. The number of fused-ring (bicyclic) bond motifs is 7. The van der Waals surface area contributed by atoms with Crippen molar-refractivity contribution >= 4 is 22.8 Å². The van der Waals surface area contributed by atoms with E-state index in [1.54, 1.807) is 13.2 Å². The Labute approximate surface area is 241 Å². The fourth-order valence-corrected chi connectivity index (χ4v) is 7.37. The van der Waals surface area contributed by atoms with E-state index < -0.39 is 11.4 Å². The molecule has 6 rings (SSSR count). The number of methoxy groups -OCH3 is 1. The van der Waals surface area contributed by atoms with E-state index in [4.69, 9.17) is 9.47 Å². The van der Waals surface area contributed by atoms with Crippen molar-refractivity contribution in [1.82, 2.24) is 14.8 Å². The van der Waals surface area contributed by atoms with Crippen LogP contribution in [0.4, 0.5) is 0 Å². The molecule has 41 heavy (non-hydrogen) atoms. The van der Waals surface area contributed by atoms with Crippen molar-refractivity contribution < 1.29 is 24.2 Å². The minimum Gasteiger partial charge on any atom is -0.497 e. The van der Waals surface area contributed by atoms with E-state index in [-0.39, 0.29) is 17.4 Å². The fourth-order valence-electron chi connectivity index (χ4n) is 7.37. The summed E-state index contributed by atoms with van der Waals surface area (Å²) >= 11 is 0. The first-order chi connectivity index (χ1) is 19.9. The number of nitrogens with zero attached hydrogens (tertiary/aromatic N) is 2. The summed E-state index contributed by atoms with van der Waals surface area (Å²) in [6.45, 7) is 2.92. The van der Waals surface area contributed by atoms with Crippen LogP contribution in [-0.4, -0.2) is 74.0 Å². The number of likely N-dealkylation sites (N-methyl/N-ethyl adjacent to an activating group) is 2. The molecule has 0 spiro atoms. The summed E-state index contributed by atoms with van der Waals surface area (Å²) in [4.78, 5) is 28.1. The first-order valence-electron chi connectivity index (χ1n) is 14.9. The van der Waals surface area contributed by atoms with E-state index in [1.807, 2.05) is 37.2 Å². The third kappa shape index (κ3) is 4.81. The molecule has 1 aromatic heterocycles. The summed E-state index contributed by atoms with van der Waals surface area (Å²) in [5, 5.41) is 14.1. The van der Waals surface area contributed by atoms with Gasteiger partial charge in [0.1, 0.15) is 5.75 Å². The van der Waals surface area contributed by atoms with Gasteiger partial charge >= 0.3 is 5.97 Å². The van der Waals surface area contributed by atoms with Gasteiger partial charge in [0.05, 0.1) is 37.0 Å². The normalized spacial score (nSPS) is 21.5. The lowest BCUT2D eigenvalue weighted by atomic mass is 9.81. The molecule has 0 bridgehead atoms. The zero-order chi connectivity index (χ0) is 28.7. The van der Waals surface area contributed by atoms with Crippen molar-refractivity contribution in [2.24, 2.45) is 5.41 Å². The van der Waals surface area contributed by atoms with Gasteiger partial charge in [-0.25, -0.2) is 4.79 Å². The molecule has 2 aliphatic carbocycles. The van der Waals surface area contributed by atoms with E-state index in [2.05, 4.69) is 22.0 Å². The highest BCUT2D eigenvalue weighted by Crippen LogP contribution is 2.66. The lowest BCUT2D eigenvalue weighted by Gasteiger charge is -2.25. The second-order valence-electron chi connectivity index (χ2n) is 12.0. The van der Waals surface area contributed by atoms with E-state index in [0.29, 0.717) is 32.2 Å². The third-order valence-electron chi connectivity index (χ3n) is 9.61. The molecule has 218 valence electrons. The molecule has 3 aliphatic rings. The van der Waals surface area contributed by atoms with Gasteiger partial charge in [-0.05, 0) is 73.7 Å². The molecular weight excluding hydrogens is 518 g/mol. The van der Waals surface area contributed by atoms with Crippen LogP contribution in [0.3, 0.4) is 0 Å². The number of aromatic nitrogens is 1. The van der Waals surface area contributed by atoms with Gasteiger partial charge in [0, 0.05) is 49.1 Å². The lowest BCUT2D eigenvalue weighted by Crippen LogP contribution is -2.39. The number of carboxylic acids is 1. The molecule has 2 N–H and O–H groups in total. The van der Waals surface area contributed by atoms with Gasteiger partial charge in [-0.15, -0.1) is 0 Å². The Kier molecular flexibility index (Phi) is 7.55. The number of nitrogens with one attached hydrogen (secondary N) is 1. The summed E-state index contributed by atoms with van der Waals surface area (Å²) in [7, 11) is 5.45. The van der Waals surface area contributed by atoms with E-state index in [1.165, 1.54) is 24.8 Å². The van der Waals surface area contributed by atoms with Crippen molar-refractivity contribution in [1.29, 1.82) is 0 Å². The molecule has 0 radical (unpaired) electrons. The Balaban J connectivity index is 1.49. The van der Waals surface area contributed by atoms with Crippen molar-refractivity contribution in [3.8, 4) is 17.0 Å². The zero-order valence-corrected chi connectivity index (χ0v) is 24.4. The van der Waals surface area contributed by atoms with Gasteiger partial charge in [0.15, 0.2) is 0 Å². The highest BCUT2D eigenvalue weighted by atomic mass is 16.5. The van der Waals surface area contributed by atoms with Gasteiger partial charge in [0.2, 0.25) is 5.91 Å². The van der Waals surface area contributed by atoms with Crippen LogP contribution in [0.5, 0.6) is 5.75 Å². The van der Waals surface area contributed by atoms with Gasteiger partial charge in [-0.3, -0.25) is 4.79 Å². The monoisotopic (exact) mass is 559 g/mol. The molecule has 8 nitrogen and oxygen atoms in total. The molecule has 2 atom stereocenters. The van der Waals surface area contributed by atoms with Crippen molar-refractivity contribution in [3.63, 3.8) is 0 Å². The molecule has 2 fully saturated rings. The standard InChI is InChI=1S/C33H41N3O5/c1-34-13-15-41-16-14-35(2)32(39)33-19-27(33)26-18-23(40-3)10-12-24(26)30-29(21-7-5-4-6-8-21)25-11-9-22(31(37)38)17-28(25)36(30)20-33/h9-12,17-18,21,27,34H,4-8,13-16,19-20H2,1-3H3,(H,37,38)/t27-,33-/m0/s1. The molecule has 1 aliphatic heterocycles. The average molecular weight is 560 g/mol. The van der Waals surface area contributed by atoms with Crippen LogP contribution >= 0.6 is 0 Å². The van der Waals surface area contributed by atoms with E-state index in [9.17, 15) is 14.7 Å². The zero-order valence-electron chi connectivity index (χ0n) is 24.4. The molecule has 1 amide bonds. The van der Waals surface area contributed by atoms with Crippen molar-refractivity contribution in [2.75, 3.05) is 47.5 Å². The summed E-state index contributed by atoms with van der Waals surface area (Å²) in [5.41, 5.74) is 5.38. The summed E-state index contributed by atoms with van der Waals surface area (Å²) in [5.74, 6) is 0.460. The SMILES string of the molecule is CNCCOCCN(C)C(=O)[C@]12C[C@H]1c1cc(OC)ccc1-c1c(C3CCCCC3)c3ccc(C(=O)O)cc3n1C2. The van der Waals surface area contributed by atoms with Crippen LogP contribution in [0.25, 0.3) is 22.2 Å². The maximum Gasteiger partial charge on any atom is 0.335 e. The molecule has 8 heteroatoms. The molecule has 2 aromatic carbocycles. The number of carbonyl (C=O) groups is 2. The Morgan fingerprint density at radius 2 is 1.93 bits per heavy atom. The van der Waals surface area contributed by atoms with Crippen molar-refractivity contribution in [2.45, 2.75) is 56.9 Å². The Hall–Kier alpha value is -3.36. The number of benzene rings is 2. The van der Waals surface area contributed by atoms with E-state index >= 15 is 0 Å². The predicted octanol–water partition coefficient (Wildman–Crippen LogP) is 5.24. The van der Waals surface area contributed by atoms with Gasteiger partial charge in [-0.2, -0.15) is 0 Å². The number of carbonyl (C=O) groups excluding carboxylic acids is 1. The maximum atomic E-state index is 14.2. The molecule has 2 heterocycles. The van der Waals surface area contributed by atoms with Gasteiger partial charge < -0.3 is 29.4 Å². The number of ether oxygens (including phenoxy) is 2. The quantitative estimate of drug-likeness (QED) is 0.330. The number of hydrogen-bond donors (Lipinski definition) is 2. The largest absolute Gasteiger partial charge is 0.497 e. The Bertz CT molecular complexity index is 1470. The van der Waals surface area contributed by atoms with Crippen LogP contribution in [0.15, 0.2) is 36.4 Å².